The van der Waals surface area contributed by atoms with E-state index in [2.05, 4.69) is 10.3 Å². The van der Waals surface area contributed by atoms with Crippen LogP contribution in [0.1, 0.15) is 34.5 Å². The predicted octanol–water partition coefficient (Wildman–Crippen LogP) is 2.69. The normalized spacial score (nSPS) is 17.7. The lowest BCUT2D eigenvalue weighted by Gasteiger charge is -2.25. The zero-order chi connectivity index (χ0) is 18.3. The predicted molar refractivity (Wildman–Crippen MR) is 101 cm³/mol. The molecule has 6 nitrogen and oxygen atoms in total. The standard InChI is InChI=1S/C18H21N3O3S2/c1-12-3-2-4-13(9-12)11-26(23,24)21-8-7-15-16(10-21)25-18(19-15)20-17(22)14-5-6-14/h2-4,9,14H,5-8,10-11H2,1H3,(H,19,20,22). The Bertz CT molecular complexity index is 948. The highest BCUT2D eigenvalue weighted by molar-refractivity contribution is 7.88. The third-order valence-electron chi connectivity index (χ3n) is 4.70. The Morgan fingerprint density at radius 2 is 2.19 bits per heavy atom. The molecule has 1 amide bonds. The molecule has 2 heterocycles. The minimum absolute atomic E-state index is 0.00803. The molecule has 0 saturated heterocycles. The number of hydrogen-bond acceptors (Lipinski definition) is 5. The van der Waals surface area contributed by atoms with E-state index in [-0.39, 0.29) is 17.6 Å². The molecule has 8 heteroatoms. The number of nitrogens with one attached hydrogen (secondary N) is 1. The minimum atomic E-state index is -3.39. The first kappa shape index (κ1) is 17.6. The summed E-state index contributed by atoms with van der Waals surface area (Å²) in [6.45, 7) is 2.72. The summed E-state index contributed by atoms with van der Waals surface area (Å²) < 4.78 is 27.1. The van der Waals surface area contributed by atoms with Crippen molar-refractivity contribution in [3.05, 3.63) is 46.0 Å². The SMILES string of the molecule is Cc1cccc(CS(=O)(=O)N2CCc3nc(NC(=O)C4CC4)sc3C2)c1. The summed E-state index contributed by atoms with van der Waals surface area (Å²) in [6.07, 6.45) is 2.47. The number of aryl methyl sites for hydroxylation is 1. The third-order valence-corrected chi connectivity index (χ3v) is 7.49. The second-order valence-corrected chi connectivity index (χ2v) is 10.0. The Morgan fingerprint density at radius 1 is 1.38 bits per heavy atom. The van der Waals surface area contributed by atoms with Crippen molar-refractivity contribution in [2.45, 2.75) is 38.5 Å². The highest BCUT2D eigenvalue weighted by Crippen LogP contribution is 2.33. The first-order valence-corrected chi connectivity index (χ1v) is 11.2. The number of amides is 1. The Kier molecular flexibility index (Phi) is 4.58. The summed E-state index contributed by atoms with van der Waals surface area (Å²) in [6, 6.07) is 7.59. The molecule has 1 aromatic heterocycles. The summed E-state index contributed by atoms with van der Waals surface area (Å²) in [5, 5.41) is 3.45. The van der Waals surface area contributed by atoms with Gasteiger partial charge in [0.25, 0.3) is 0 Å². The second-order valence-electron chi connectivity index (χ2n) is 6.98. The molecule has 1 fully saturated rings. The van der Waals surface area contributed by atoms with Crippen LogP contribution < -0.4 is 5.32 Å². The summed E-state index contributed by atoms with van der Waals surface area (Å²) >= 11 is 1.39. The number of benzene rings is 1. The van der Waals surface area contributed by atoms with Gasteiger partial charge in [-0.15, -0.1) is 11.3 Å². The summed E-state index contributed by atoms with van der Waals surface area (Å²) in [4.78, 5) is 17.3. The lowest BCUT2D eigenvalue weighted by atomic mass is 10.2. The first-order chi connectivity index (χ1) is 12.4. The molecule has 4 rings (SSSR count). The van der Waals surface area contributed by atoms with Crippen LogP contribution >= 0.6 is 11.3 Å². The van der Waals surface area contributed by atoms with Gasteiger partial charge in [-0.1, -0.05) is 29.8 Å². The summed E-state index contributed by atoms with van der Waals surface area (Å²) in [5.41, 5.74) is 2.76. The number of aromatic nitrogens is 1. The van der Waals surface area contributed by atoms with Gasteiger partial charge < -0.3 is 5.32 Å². The highest BCUT2D eigenvalue weighted by atomic mass is 32.2. The van der Waals surface area contributed by atoms with Crippen LogP contribution in [0.3, 0.4) is 0 Å². The van der Waals surface area contributed by atoms with Crippen molar-refractivity contribution in [2.24, 2.45) is 5.92 Å². The van der Waals surface area contributed by atoms with Crippen molar-refractivity contribution in [3.8, 4) is 0 Å². The van der Waals surface area contributed by atoms with Gasteiger partial charge in [-0.25, -0.2) is 13.4 Å². The van der Waals surface area contributed by atoms with Crippen LogP contribution in [0.15, 0.2) is 24.3 Å². The molecule has 1 aliphatic carbocycles. The molecule has 2 aromatic rings. The third kappa shape index (κ3) is 3.82. The summed E-state index contributed by atoms with van der Waals surface area (Å²) in [7, 11) is -3.39. The maximum absolute atomic E-state index is 12.8. The van der Waals surface area contributed by atoms with Crippen LogP contribution in [0.5, 0.6) is 0 Å². The molecule has 1 aromatic carbocycles. The van der Waals surface area contributed by atoms with E-state index in [4.69, 9.17) is 0 Å². The molecular weight excluding hydrogens is 370 g/mol. The lowest BCUT2D eigenvalue weighted by Crippen LogP contribution is -2.36. The van der Waals surface area contributed by atoms with Crippen molar-refractivity contribution in [3.63, 3.8) is 0 Å². The van der Waals surface area contributed by atoms with Crippen LogP contribution in [-0.2, 0) is 33.5 Å². The average Bonchev–Trinajstić information content (AvgIpc) is 3.34. The summed E-state index contributed by atoms with van der Waals surface area (Å²) in [5.74, 6) is 0.163. The zero-order valence-corrected chi connectivity index (χ0v) is 16.2. The zero-order valence-electron chi connectivity index (χ0n) is 14.6. The lowest BCUT2D eigenvalue weighted by molar-refractivity contribution is -0.117. The van der Waals surface area contributed by atoms with Gasteiger partial charge in [-0.3, -0.25) is 4.79 Å². The quantitative estimate of drug-likeness (QED) is 0.850. The van der Waals surface area contributed by atoms with Gasteiger partial charge in [-0.2, -0.15) is 4.31 Å². The van der Waals surface area contributed by atoms with E-state index >= 15 is 0 Å². The van der Waals surface area contributed by atoms with E-state index < -0.39 is 10.0 Å². The van der Waals surface area contributed by atoms with Crippen LogP contribution in [0.4, 0.5) is 5.13 Å². The number of thiazole rings is 1. The monoisotopic (exact) mass is 391 g/mol. The number of carbonyl (C=O) groups excluding carboxylic acids is 1. The van der Waals surface area contributed by atoms with Gasteiger partial charge in [0.1, 0.15) is 0 Å². The first-order valence-electron chi connectivity index (χ1n) is 8.73. The number of nitrogens with zero attached hydrogens (tertiary/aromatic N) is 2. The van der Waals surface area contributed by atoms with E-state index in [1.165, 1.54) is 15.6 Å². The van der Waals surface area contributed by atoms with E-state index in [0.29, 0.717) is 24.6 Å². The van der Waals surface area contributed by atoms with Gasteiger partial charge in [0.2, 0.25) is 15.9 Å². The fourth-order valence-electron chi connectivity index (χ4n) is 3.12. The molecule has 26 heavy (non-hydrogen) atoms. The van der Waals surface area contributed by atoms with Gasteiger partial charge in [-0.05, 0) is 25.3 Å². The molecule has 0 bridgehead atoms. The molecular formula is C18H21N3O3S2. The molecule has 2 aliphatic rings. The molecule has 1 N–H and O–H groups in total. The molecule has 1 saturated carbocycles. The van der Waals surface area contributed by atoms with Crippen molar-refractivity contribution >= 4 is 32.4 Å². The van der Waals surface area contributed by atoms with Crippen LogP contribution in [-0.4, -0.2) is 30.2 Å². The van der Waals surface area contributed by atoms with Gasteiger partial charge in [0.05, 0.1) is 11.4 Å². The van der Waals surface area contributed by atoms with Gasteiger partial charge >= 0.3 is 0 Å². The highest BCUT2D eigenvalue weighted by Gasteiger charge is 2.32. The Balaban J connectivity index is 1.46. The van der Waals surface area contributed by atoms with Crippen LogP contribution in [0, 0.1) is 12.8 Å². The maximum Gasteiger partial charge on any atom is 0.229 e. The van der Waals surface area contributed by atoms with E-state index in [1.807, 2.05) is 31.2 Å². The number of fused-ring (bicyclic) bond motifs is 1. The second kappa shape index (κ2) is 6.75. The average molecular weight is 392 g/mol. The van der Waals surface area contributed by atoms with Crippen molar-refractivity contribution in [1.29, 1.82) is 0 Å². The van der Waals surface area contributed by atoms with Gasteiger partial charge in [0, 0.05) is 30.3 Å². The number of carbonyl (C=O) groups is 1. The molecule has 0 spiro atoms. The van der Waals surface area contributed by atoms with E-state index in [1.54, 1.807) is 0 Å². The van der Waals surface area contributed by atoms with Crippen molar-refractivity contribution in [1.82, 2.24) is 9.29 Å². The minimum Gasteiger partial charge on any atom is -0.302 e. The Labute approximate surface area is 157 Å². The maximum atomic E-state index is 12.8. The molecule has 0 unspecified atom stereocenters. The van der Waals surface area contributed by atoms with E-state index in [0.717, 1.165) is 34.5 Å². The molecule has 0 radical (unpaired) electrons. The van der Waals surface area contributed by atoms with Crippen molar-refractivity contribution in [2.75, 3.05) is 11.9 Å². The fourth-order valence-corrected chi connectivity index (χ4v) is 5.71. The number of hydrogen-bond donors (Lipinski definition) is 1. The van der Waals surface area contributed by atoms with Gasteiger partial charge in [0.15, 0.2) is 5.13 Å². The molecule has 0 atom stereocenters. The van der Waals surface area contributed by atoms with Crippen LogP contribution in [0.25, 0.3) is 0 Å². The fraction of sp³-hybridized carbons (Fsp3) is 0.444. The number of anilines is 1. The van der Waals surface area contributed by atoms with Crippen LogP contribution in [0.2, 0.25) is 0 Å². The number of rotatable bonds is 5. The van der Waals surface area contributed by atoms with E-state index in [9.17, 15) is 13.2 Å². The van der Waals surface area contributed by atoms with Crippen molar-refractivity contribution < 1.29 is 13.2 Å². The number of sulfonamides is 1. The molecule has 1 aliphatic heterocycles. The topological polar surface area (TPSA) is 79.4 Å². The Hall–Kier alpha value is -1.77. The Morgan fingerprint density at radius 3 is 2.92 bits per heavy atom. The smallest absolute Gasteiger partial charge is 0.229 e. The molecule has 138 valence electrons. The largest absolute Gasteiger partial charge is 0.302 e.